The Morgan fingerprint density at radius 3 is 2.72 bits per heavy atom. The summed E-state index contributed by atoms with van der Waals surface area (Å²) in [5.41, 5.74) is 6.40. The molecule has 2 rings (SSSR count). The normalized spacial score (nSPS) is 13.0. The predicted molar refractivity (Wildman–Crippen MR) is 67.8 cm³/mol. The zero-order chi connectivity index (χ0) is 13.3. The Labute approximate surface area is 110 Å². The molecule has 0 saturated carbocycles. The fraction of sp³-hybridized carbons (Fsp3) is 0.333. The van der Waals surface area contributed by atoms with E-state index < -0.39 is 11.9 Å². The largest absolute Gasteiger partial charge is 0.318 e. The van der Waals surface area contributed by atoms with Crippen LogP contribution in [0.2, 0.25) is 5.02 Å². The minimum Gasteiger partial charge on any atom is -0.318 e. The van der Waals surface area contributed by atoms with Gasteiger partial charge in [0.25, 0.3) is 0 Å². The van der Waals surface area contributed by atoms with Gasteiger partial charge in [0.05, 0.1) is 6.04 Å². The number of halogens is 2. The number of nitrogens with two attached hydrogens (primary N) is 1. The smallest absolute Gasteiger partial charge is 0.148 e. The van der Waals surface area contributed by atoms with E-state index in [1.807, 2.05) is 13.8 Å². The zero-order valence-electron chi connectivity index (χ0n) is 10.1. The molecule has 0 saturated heterocycles. The first-order valence-corrected chi connectivity index (χ1v) is 5.98. The third-order valence-electron chi connectivity index (χ3n) is 2.67. The van der Waals surface area contributed by atoms with Gasteiger partial charge in [-0.25, -0.2) is 14.1 Å². The molecule has 1 atom stereocenters. The van der Waals surface area contributed by atoms with E-state index in [9.17, 15) is 4.39 Å². The Bertz CT molecular complexity index is 553. The molecule has 0 spiro atoms. The molecule has 2 N–H and O–H groups in total. The van der Waals surface area contributed by atoms with Crippen molar-refractivity contribution in [1.29, 1.82) is 0 Å². The summed E-state index contributed by atoms with van der Waals surface area (Å²) < 4.78 is 15.5. The molecular weight excluding hydrogens is 255 g/mol. The highest BCUT2D eigenvalue weighted by atomic mass is 35.5. The van der Waals surface area contributed by atoms with Crippen LogP contribution in [0.15, 0.2) is 24.5 Å². The second-order valence-corrected chi connectivity index (χ2v) is 4.74. The van der Waals surface area contributed by atoms with E-state index in [1.54, 1.807) is 16.8 Å². The summed E-state index contributed by atoms with van der Waals surface area (Å²) >= 11 is 5.71. The van der Waals surface area contributed by atoms with Gasteiger partial charge in [-0.15, -0.1) is 0 Å². The Balaban J connectivity index is 2.41. The average molecular weight is 269 g/mol. The van der Waals surface area contributed by atoms with Crippen molar-refractivity contribution in [1.82, 2.24) is 14.8 Å². The molecule has 1 aromatic carbocycles. The quantitative estimate of drug-likeness (QED) is 0.931. The van der Waals surface area contributed by atoms with Crippen LogP contribution >= 0.6 is 11.6 Å². The summed E-state index contributed by atoms with van der Waals surface area (Å²) in [4.78, 5) is 4.10. The lowest BCUT2D eigenvalue weighted by Crippen LogP contribution is -2.20. The topological polar surface area (TPSA) is 56.7 Å². The lowest BCUT2D eigenvalue weighted by molar-refractivity contribution is 0.488. The highest BCUT2D eigenvalue weighted by molar-refractivity contribution is 6.30. The van der Waals surface area contributed by atoms with E-state index >= 15 is 0 Å². The lowest BCUT2D eigenvalue weighted by atomic mass is 10.1. The molecule has 18 heavy (non-hydrogen) atoms. The summed E-state index contributed by atoms with van der Waals surface area (Å²) in [6.07, 6.45) is 1.42. The minimum absolute atomic E-state index is 0.115. The van der Waals surface area contributed by atoms with Crippen molar-refractivity contribution in [2.45, 2.75) is 25.9 Å². The molecule has 0 aliphatic heterocycles. The van der Waals surface area contributed by atoms with Gasteiger partial charge in [-0.3, -0.25) is 0 Å². The molecule has 0 bridgehead atoms. The highest BCUT2D eigenvalue weighted by Gasteiger charge is 2.20. The number of aromatic nitrogens is 3. The molecule has 4 nitrogen and oxygen atoms in total. The van der Waals surface area contributed by atoms with Crippen LogP contribution in [0.25, 0.3) is 0 Å². The molecule has 6 heteroatoms. The standard InChI is InChI=1S/C12H14ClFN4/c1-7(2)18-12(16-6-17-18)11(15)9-4-3-8(13)5-10(9)14/h3-7,11H,15H2,1-2H3. The van der Waals surface area contributed by atoms with E-state index in [2.05, 4.69) is 10.1 Å². The summed E-state index contributed by atoms with van der Waals surface area (Å²) in [6, 6.07) is 3.88. The van der Waals surface area contributed by atoms with Gasteiger partial charge in [0.15, 0.2) is 0 Å². The Morgan fingerprint density at radius 1 is 1.39 bits per heavy atom. The van der Waals surface area contributed by atoms with Crippen LogP contribution in [0.3, 0.4) is 0 Å². The summed E-state index contributed by atoms with van der Waals surface area (Å²) in [6.45, 7) is 3.92. The van der Waals surface area contributed by atoms with E-state index in [0.717, 1.165) is 0 Å². The number of benzene rings is 1. The van der Waals surface area contributed by atoms with E-state index in [4.69, 9.17) is 17.3 Å². The van der Waals surface area contributed by atoms with E-state index in [0.29, 0.717) is 16.4 Å². The van der Waals surface area contributed by atoms with Crippen LogP contribution in [-0.2, 0) is 0 Å². The maximum atomic E-state index is 13.8. The van der Waals surface area contributed by atoms with Crippen LogP contribution in [0.5, 0.6) is 0 Å². The SMILES string of the molecule is CC(C)n1ncnc1C(N)c1ccc(Cl)cc1F. The van der Waals surface area contributed by atoms with Crippen molar-refractivity contribution < 1.29 is 4.39 Å². The van der Waals surface area contributed by atoms with Crippen molar-refractivity contribution >= 4 is 11.6 Å². The molecule has 0 aliphatic carbocycles. The van der Waals surface area contributed by atoms with Gasteiger partial charge in [0.2, 0.25) is 0 Å². The molecular formula is C12H14ClFN4. The van der Waals surface area contributed by atoms with Gasteiger partial charge in [0, 0.05) is 16.6 Å². The lowest BCUT2D eigenvalue weighted by Gasteiger charge is -2.16. The molecule has 2 aromatic rings. The molecule has 0 fully saturated rings. The maximum absolute atomic E-state index is 13.8. The van der Waals surface area contributed by atoms with Crippen LogP contribution in [0.4, 0.5) is 4.39 Å². The number of hydrogen-bond donors (Lipinski definition) is 1. The summed E-state index contributed by atoms with van der Waals surface area (Å²) in [7, 11) is 0. The van der Waals surface area contributed by atoms with Gasteiger partial charge in [-0.2, -0.15) is 5.10 Å². The van der Waals surface area contributed by atoms with Crippen molar-refractivity contribution in [3.8, 4) is 0 Å². The zero-order valence-corrected chi connectivity index (χ0v) is 10.9. The van der Waals surface area contributed by atoms with Crippen molar-refractivity contribution in [3.63, 3.8) is 0 Å². The van der Waals surface area contributed by atoms with Gasteiger partial charge in [-0.1, -0.05) is 17.7 Å². The van der Waals surface area contributed by atoms with Crippen LogP contribution in [0, 0.1) is 5.82 Å². The summed E-state index contributed by atoms with van der Waals surface area (Å²) in [5.74, 6) is 0.0968. The molecule has 1 aromatic heterocycles. The van der Waals surface area contributed by atoms with Gasteiger partial charge < -0.3 is 5.73 Å². The Kier molecular flexibility index (Phi) is 3.63. The first-order chi connectivity index (χ1) is 8.50. The maximum Gasteiger partial charge on any atom is 0.148 e. The number of nitrogens with zero attached hydrogens (tertiary/aromatic N) is 3. The van der Waals surface area contributed by atoms with Crippen molar-refractivity contribution in [2.24, 2.45) is 5.73 Å². The molecule has 1 heterocycles. The Hall–Kier alpha value is -1.46. The van der Waals surface area contributed by atoms with E-state index in [-0.39, 0.29) is 6.04 Å². The molecule has 0 radical (unpaired) electrons. The van der Waals surface area contributed by atoms with Crippen LogP contribution < -0.4 is 5.73 Å². The van der Waals surface area contributed by atoms with Crippen molar-refractivity contribution in [2.75, 3.05) is 0 Å². The molecule has 1 unspecified atom stereocenters. The first kappa shape index (κ1) is 13.0. The Morgan fingerprint density at radius 2 is 2.11 bits per heavy atom. The van der Waals surface area contributed by atoms with Crippen LogP contribution in [-0.4, -0.2) is 14.8 Å². The minimum atomic E-state index is -0.660. The van der Waals surface area contributed by atoms with Gasteiger partial charge in [-0.05, 0) is 26.0 Å². The van der Waals surface area contributed by atoms with Crippen molar-refractivity contribution in [3.05, 3.63) is 46.8 Å². The third-order valence-corrected chi connectivity index (χ3v) is 2.90. The predicted octanol–water partition coefficient (Wildman–Crippen LogP) is 2.70. The third kappa shape index (κ3) is 2.37. The monoisotopic (exact) mass is 268 g/mol. The van der Waals surface area contributed by atoms with Gasteiger partial charge >= 0.3 is 0 Å². The first-order valence-electron chi connectivity index (χ1n) is 5.60. The fourth-order valence-corrected chi connectivity index (χ4v) is 1.93. The number of hydrogen-bond acceptors (Lipinski definition) is 3. The molecule has 0 aliphatic rings. The molecule has 0 amide bonds. The second-order valence-electron chi connectivity index (χ2n) is 4.30. The average Bonchev–Trinajstić information content (AvgIpc) is 2.77. The summed E-state index contributed by atoms with van der Waals surface area (Å²) in [5, 5.41) is 4.43. The fourth-order valence-electron chi connectivity index (χ4n) is 1.77. The second kappa shape index (κ2) is 5.04. The highest BCUT2D eigenvalue weighted by Crippen LogP contribution is 2.24. The van der Waals surface area contributed by atoms with Crippen LogP contribution in [0.1, 0.15) is 37.3 Å². The van der Waals surface area contributed by atoms with E-state index in [1.165, 1.54) is 12.4 Å². The molecule has 96 valence electrons. The van der Waals surface area contributed by atoms with Gasteiger partial charge in [0.1, 0.15) is 18.0 Å². The number of rotatable bonds is 3.